The number of hydrogen-bond acceptors (Lipinski definition) is 7. The number of ether oxygens (including phenoxy) is 4. The molecule has 0 radical (unpaired) electrons. The van der Waals surface area contributed by atoms with Gasteiger partial charge in [0.2, 0.25) is 15.8 Å². The van der Waals surface area contributed by atoms with Crippen LogP contribution in [0.15, 0.2) is 65.6 Å². The number of alkyl halides is 3. The molecular formula is C28H33F3N2O6S. The summed E-state index contributed by atoms with van der Waals surface area (Å²) >= 11 is 0. The van der Waals surface area contributed by atoms with E-state index >= 15 is 0 Å². The van der Waals surface area contributed by atoms with Gasteiger partial charge in [-0.25, -0.2) is 8.42 Å². The molecule has 3 aromatic carbocycles. The highest BCUT2D eigenvalue weighted by atomic mass is 32.2. The number of hydrogen-bond donors (Lipinski definition) is 0. The minimum absolute atomic E-state index is 0.00166. The highest BCUT2D eigenvalue weighted by molar-refractivity contribution is 7.89. The normalized spacial score (nSPS) is 11.8. The topological polar surface area (TPSA) is 77.5 Å². The molecule has 0 amide bonds. The van der Waals surface area contributed by atoms with E-state index in [1.807, 2.05) is 38.1 Å². The average Bonchev–Trinajstić information content (AvgIpc) is 2.93. The van der Waals surface area contributed by atoms with E-state index in [0.717, 1.165) is 48.6 Å². The summed E-state index contributed by atoms with van der Waals surface area (Å²) in [6.45, 7) is 5.66. The molecular weight excluding hydrogens is 549 g/mol. The second kappa shape index (κ2) is 13.1. The quantitative estimate of drug-likeness (QED) is 0.250. The Bertz CT molecular complexity index is 1340. The van der Waals surface area contributed by atoms with Crippen molar-refractivity contribution in [3.8, 4) is 23.0 Å². The summed E-state index contributed by atoms with van der Waals surface area (Å²) in [5, 5.41) is 0. The van der Waals surface area contributed by atoms with Crippen LogP contribution in [-0.4, -0.2) is 53.5 Å². The van der Waals surface area contributed by atoms with Gasteiger partial charge in [0.05, 0.1) is 26.2 Å². The molecule has 3 rings (SSSR count). The zero-order valence-corrected chi connectivity index (χ0v) is 23.8. The van der Waals surface area contributed by atoms with E-state index in [0.29, 0.717) is 22.8 Å². The first kappa shape index (κ1) is 30.9. The lowest BCUT2D eigenvalue weighted by molar-refractivity contribution is -0.274. The molecule has 0 fully saturated rings. The third-order valence-electron chi connectivity index (χ3n) is 6.20. The second-order valence-corrected chi connectivity index (χ2v) is 10.6. The van der Waals surface area contributed by atoms with E-state index in [1.54, 1.807) is 12.1 Å². The largest absolute Gasteiger partial charge is 0.573 e. The smallest absolute Gasteiger partial charge is 0.493 e. The van der Waals surface area contributed by atoms with Gasteiger partial charge in [-0.15, -0.1) is 13.2 Å². The highest BCUT2D eigenvalue weighted by Crippen LogP contribution is 2.39. The maximum atomic E-state index is 13.8. The Morgan fingerprint density at radius 1 is 0.750 bits per heavy atom. The van der Waals surface area contributed by atoms with Crippen LogP contribution in [0.3, 0.4) is 0 Å². The van der Waals surface area contributed by atoms with Crippen LogP contribution in [0.25, 0.3) is 0 Å². The third kappa shape index (κ3) is 7.51. The molecule has 8 nitrogen and oxygen atoms in total. The number of nitrogens with zero attached hydrogens (tertiary/aromatic N) is 2. The van der Waals surface area contributed by atoms with Gasteiger partial charge in [0, 0.05) is 31.9 Å². The zero-order chi connectivity index (χ0) is 29.5. The first-order valence-corrected chi connectivity index (χ1v) is 13.9. The predicted molar refractivity (Wildman–Crippen MR) is 146 cm³/mol. The number of anilines is 1. The monoisotopic (exact) mass is 582 g/mol. The minimum atomic E-state index is -4.89. The molecule has 0 bridgehead atoms. The summed E-state index contributed by atoms with van der Waals surface area (Å²) in [6, 6.07) is 15.0. The molecule has 0 saturated carbocycles. The van der Waals surface area contributed by atoms with Crippen molar-refractivity contribution in [1.29, 1.82) is 0 Å². The lowest BCUT2D eigenvalue weighted by Crippen LogP contribution is -2.30. The van der Waals surface area contributed by atoms with Crippen molar-refractivity contribution < 1.29 is 40.5 Å². The van der Waals surface area contributed by atoms with Crippen LogP contribution < -0.4 is 23.8 Å². The first-order valence-electron chi connectivity index (χ1n) is 12.4. The van der Waals surface area contributed by atoms with Gasteiger partial charge in [-0.1, -0.05) is 12.1 Å². The molecule has 0 aliphatic rings. The van der Waals surface area contributed by atoms with Crippen LogP contribution in [-0.2, 0) is 23.1 Å². The second-order valence-electron chi connectivity index (χ2n) is 8.66. The van der Waals surface area contributed by atoms with Crippen molar-refractivity contribution in [2.45, 2.75) is 38.2 Å². The van der Waals surface area contributed by atoms with E-state index in [-0.39, 0.29) is 18.0 Å². The summed E-state index contributed by atoms with van der Waals surface area (Å²) in [5.74, 6) is 0.544. The fourth-order valence-electron chi connectivity index (χ4n) is 4.22. The number of benzene rings is 3. The predicted octanol–water partition coefficient (Wildman–Crippen LogP) is 5.85. The van der Waals surface area contributed by atoms with Crippen molar-refractivity contribution in [1.82, 2.24) is 4.31 Å². The van der Waals surface area contributed by atoms with E-state index in [1.165, 1.54) is 25.6 Å². The van der Waals surface area contributed by atoms with Gasteiger partial charge in [0.25, 0.3) is 0 Å². The molecule has 0 spiro atoms. The highest BCUT2D eigenvalue weighted by Gasteiger charge is 2.32. The maximum Gasteiger partial charge on any atom is 0.573 e. The van der Waals surface area contributed by atoms with E-state index in [4.69, 9.17) is 14.2 Å². The van der Waals surface area contributed by atoms with Crippen LogP contribution in [0.5, 0.6) is 23.0 Å². The summed E-state index contributed by atoms with van der Waals surface area (Å²) in [5.41, 5.74) is 2.28. The van der Waals surface area contributed by atoms with Crippen molar-refractivity contribution in [2.75, 3.05) is 39.3 Å². The molecule has 12 heteroatoms. The zero-order valence-electron chi connectivity index (χ0n) is 23.0. The van der Waals surface area contributed by atoms with Gasteiger partial charge < -0.3 is 23.8 Å². The molecule has 0 saturated heterocycles. The summed E-state index contributed by atoms with van der Waals surface area (Å²) < 4.78 is 86.8. The van der Waals surface area contributed by atoms with Crippen molar-refractivity contribution >= 4 is 15.7 Å². The van der Waals surface area contributed by atoms with Crippen LogP contribution in [0.2, 0.25) is 0 Å². The Morgan fingerprint density at radius 3 is 1.73 bits per heavy atom. The maximum absolute atomic E-state index is 13.8. The number of halogens is 3. The molecule has 0 atom stereocenters. The van der Waals surface area contributed by atoms with Crippen LogP contribution >= 0.6 is 0 Å². The number of rotatable bonds is 13. The van der Waals surface area contributed by atoms with Crippen molar-refractivity contribution in [2.24, 2.45) is 0 Å². The fourth-order valence-corrected chi connectivity index (χ4v) is 5.64. The van der Waals surface area contributed by atoms with Gasteiger partial charge in [0.15, 0.2) is 11.5 Å². The van der Waals surface area contributed by atoms with Gasteiger partial charge in [-0.3, -0.25) is 0 Å². The Kier molecular flexibility index (Phi) is 10.2. The number of sulfonamides is 1. The molecule has 0 aromatic heterocycles. The lowest BCUT2D eigenvalue weighted by atomic mass is 10.1. The molecule has 0 unspecified atom stereocenters. The van der Waals surface area contributed by atoms with E-state index < -0.39 is 22.1 Å². The SMILES string of the molecule is CCN(CC)c1ccc(CN(Cc2cc(OC)c(OC)c(OC)c2)S(=O)(=O)c2ccc(OC(F)(F)F)cc2)cc1. The Hall–Kier alpha value is -3.64. The van der Waals surface area contributed by atoms with Gasteiger partial charge >= 0.3 is 6.36 Å². The lowest BCUT2D eigenvalue weighted by Gasteiger charge is -2.25. The molecule has 0 N–H and O–H groups in total. The Balaban J connectivity index is 2.02. The first-order chi connectivity index (χ1) is 18.9. The molecule has 0 heterocycles. The minimum Gasteiger partial charge on any atom is -0.493 e. The van der Waals surface area contributed by atoms with Crippen LogP contribution in [0.1, 0.15) is 25.0 Å². The van der Waals surface area contributed by atoms with Crippen molar-refractivity contribution in [3.63, 3.8) is 0 Å². The molecule has 40 heavy (non-hydrogen) atoms. The summed E-state index contributed by atoms with van der Waals surface area (Å²) in [7, 11) is 0.200. The van der Waals surface area contributed by atoms with E-state index in [2.05, 4.69) is 9.64 Å². The van der Waals surface area contributed by atoms with Gasteiger partial charge in [0.1, 0.15) is 5.75 Å². The Morgan fingerprint density at radius 2 is 1.27 bits per heavy atom. The van der Waals surface area contributed by atoms with Crippen LogP contribution in [0.4, 0.5) is 18.9 Å². The molecule has 0 aliphatic heterocycles. The molecule has 218 valence electrons. The molecule has 3 aromatic rings. The van der Waals surface area contributed by atoms with E-state index in [9.17, 15) is 21.6 Å². The number of methoxy groups -OCH3 is 3. The Labute approximate surface area is 232 Å². The average molecular weight is 583 g/mol. The fraction of sp³-hybridized carbons (Fsp3) is 0.357. The molecule has 0 aliphatic carbocycles. The standard InChI is InChI=1S/C28H33F3N2O6S/c1-6-32(7-2)22-10-8-20(9-11-22)18-33(19-21-16-25(36-3)27(38-5)26(17-21)37-4)40(34,35)24-14-12-23(13-15-24)39-28(29,30)31/h8-17H,6-7,18-19H2,1-5H3. The van der Waals surface area contributed by atoms with Crippen molar-refractivity contribution in [3.05, 3.63) is 71.8 Å². The van der Waals surface area contributed by atoms with Gasteiger partial charge in [-0.2, -0.15) is 4.31 Å². The van der Waals surface area contributed by atoms with Gasteiger partial charge in [-0.05, 0) is 73.5 Å². The van der Waals surface area contributed by atoms with Crippen LogP contribution in [0, 0.1) is 0 Å². The summed E-state index contributed by atoms with van der Waals surface area (Å²) in [6.07, 6.45) is -4.89. The summed E-state index contributed by atoms with van der Waals surface area (Å²) in [4.78, 5) is 1.98. The third-order valence-corrected chi connectivity index (χ3v) is 8.01.